The van der Waals surface area contributed by atoms with Gasteiger partial charge in [-0.25, -0.2) is 0 Å². The minimum atomic E-state index is -1.07. The number of benzene rings is 2. The highest BCUT2D eigenvalue weighted by atomic mass is 35.5. The fourth-order valence-electron chi connectivity index (χ4n) is 3.41. The molecule has 5 nitrogen and oxygen atoms in total. The number of amides is 2. The molecule has 3 rings (SSSR count). The summed E-state index contributed by atoms with van der Waals surface area (Å²) in [5.41, 5.74) is 7.99. The Bertz CT molecular complexity index is 798. The average Bonchev–Trinajstić information content (AvgIpc) is 2.73. The van der Waals surface area contributed by atoms with E-state index in [2.05, 4.69) is 6.92 Å². The second-order valence-corrected chi connectivity index (χ2v) is 7.20. The summed E-state index contributed by atoms with van der Waals surface area (Å²) in [5.74, 6) is -0.0866. The lowest BCUT2D eigenvalue weighted by Gasteiger charge is -2.38. The Hall–Kier alpha value is -2.37. The Morgan fingerprint density at radius 1 is 0.929 bits per heavy atom. The first-order valence-corrected chi connectivity index (χ1v) is 9.45. The van der Waals surface area contributed by atoms with Gasteiger partial charge in [-0.1, -0.05) is 49.4 Å². The Morgan fingerprint density at radius 2 is 1.46 bits per heavy atom. The largest absolute Gasteiger partial charge is 0.337 e. The van der Waals surface area contributed by atoms with Crippen molar-refractivity contribution in [2.75, 3.05) is 26.2 Å². The predicted molar refractivity (Wildman–Crippen MR) is 114 cm³/mol. The fraction of sp³-hybridized carbons (Fsp3) is 0.364. The van der Waals surface area contributed by atoms with E-state index in [4.69, 9.17) is 5.73 Å². The number of rotatable bonds is 4. The topological polar surface area (TPSA) is 66.6 Å². The lowest BCUT2D eigenvalue weighted by molar-refractivity contribution is -0.138. The molecular weight excluding hydrogens is 374 g/mol. The monoisotopic (exact) mass is 401 g/mol. The van der Waals surface area contributed by atoms with E-state index < -0.39 is 5.54 Å². The van der Waals surface area contributed by atoms with Crippen LogP contribution in [0.4, 0.5) is 0 Å². The van der Waals surface area contributed by atoms with Crippen molar-refractivity contribution in [3.8, 4) is 0 Å². The smallest absolute Gasteiger partial charge is 0.253 e. The lowest BCUT2D eigenvalue weighted by Crippen LogP contribution is -2.57. The minimum Gasteiger partial charge on any atom is -0.337 e. The van der Waals surface area contributed by atoms with Crippen molar-refractivity contribution in [3.05, 3.63) is 71.3 Å². The molecule has 2 N–H and O–H groups in total. The summed E-state index contributed by atoms with van der Waals surface area (Å²) in [5, 5.41) is 0. The van der Waals surface area contributed by atoms with E-state index >= 15 is 0 Å². The first-order valence-electron chi connectivity index (χ1n) is 9.45. The van der Waals surface area contributed by atoms with E-state index in [0.717, 1.165) is 12.0 Å². The second kappa shape index (κ2) is 9.22. The molecule has 150 valence electrons. The molecule has 2 aromatic carbocycles. The van der Waals surface area contributed by atoms with Crippen LogP contribution in [-0.2, 0) is 16.8 Å². The molecule has 1 aliphatic rings. The number of carbonyl (C=O) groups excluding carboxylic acids is 2. The van der Waals surface area contributed by atoms with Gasteiger partial charge in [0, 0.05) is 31.7 Å². The highest BCUT2D eigenvalue weighted by Gasteiger charge is 2.36. The molecule has 1 heterocycles. The van der Waals surface area contributed by atoms with Crippen molar-refractivity contribution in [2.24, 2.45) is 5.73 Å². The molecule has 28 heavy (non-hydrogen) atoms. The van der Waals surface area contributed by atoms with Gasteiger partial charge in [0.05, 0.1) is 0 Å². The third kappa shape index (κ3) is 4.54. The van der Waals surface area contributed by atoms with Crippen LogP contribution in [0.3, 0.4) is 0 Å². The van der Waals surface area contributed by atoms with Crippen molar-refractivity contribution in [3.63, 3.8) is 0 Å². The molecule has 1 aliphatic heterocycles. The molecule has 0 aliphatic carbocycles. The number of hydrogen-bond acceptors (Lipinski definition) is 3. The number of aryl methyl sites for hydroxylation is 1. The van der Waals surface area contributed by atoms with Crippen LogP contribution < -0.4 is 5.73 Å². The third-order valence-corrected chi connectivity index (χ3v) is 5.28. The van der Waals surface area contributed by atoms with Gasteiger partial charge in [-0.15, -0.1) is 12.4 Å². The normalized spacial score (nSPS) is 16.1. The van der Waals surface area contributed by atoms with Gasteiger partial charge in [-0.3, -0.25) is 9.59 Å². The van der Waals surface area contributed by atoms with Crippen LogP contribution in [-0.4, -0.2) is 47.8 Å². The quantitative estimate of drug-likeness (QED) is 0.856. The van der Waals surface area contributed by atoms with Crippen LogP contribution in [0.15, 0.2) is 54.6 Å². The van der Waals surface area contributed by atoms with Gasteiger partial charge in [0.1, 0.15) is 5.54 Å². The molecule has 2 amide bonds. The Morgan fingerprint density at radius 3 is 2.00 bits per heavy atom. The zero-order valence-corrected chi connectivity index (χ0v) is 17.2. The van der Waals surface area contributed by atoms with Crippen molar-refractivity contribution in [1.29, 1.82) is 0 Å². The summed E-state index contributed by atoms with van der Waals surface area (Å²) < 4.78 is 0. The average molecular weight is 402 g/mol. The molecule has 0 bridgehead atoms. The Labute approximate surface area is 172 Å². The maximum Gasteiger partial charge on any atom is 0.253 e. The van der Waals surface area contributed by atoms with E-state index in [0.29, 0.717) is 31.7 Å². The standard InChI is InChI=1S/C22H27N3O2.ClH/c1-3-17-9-11-18(12-10-17)20(26)24-13-15-25(16-14-24)21(27)22(2,23)19-7-5-4-6-8-19;/h4-12H,3,13-16,23H2,1-2H3;1H. The Kier molecular flexibility index (Phi) is 7.22. The molecule has 1 fully saturated rings. The number of piperazine rings is 1. The van der Waals surface area contributed by atoms with E-state index in [1.165, 1.54) is 5.56 Å². The van der Waals surface area contributed by atoms with Gasteiger partial charge in [0.2, 0.25) is 5.91 Å². The fourth-order valence-corrected chi connectivity index (χ4v) is 3.41. The zero-order valence-electron chi connectivity index (χ0n) is 16.4. The summed E-state index contributed by atoms with van der Waals surface area (Å²) in [6, 6.07) is 17.2. The van der Waals surface area contributed by atoms with Crippen molar-refractivity contribution >= 4 is 24.2 Å². The van der Waals surface area contributed by atoms with E-state index in [1.807, 2.05) is 54.6 Å². The van der Waals surface area contributed by atoms with E-state index in [1.54, 1.807) is 16.7 Å². The number of nitrogens with zero attached hydrogens (tertiary/aromatic N) is 2. The first-order chi connectivity index (χ1) is 12.9. The summed E-state index contributed by atoms with van der Waals surface area (Å²) in [4.78, 5) is 29.2. The van der Waals surface area contributed by atoms with Crippen LogP contribution in [0.5, 0.6) is 0 Å². The van der Waals surface area contributed by atoms with Crippen molar-refractivity contribution in [1.82, 2.24) is 9.80 Å². The molecule has 1 saturated heterocycles. The second-order valence-electron chi connectivity index (χ2n) is 7.20. The van der Waals surface area contributed by atoms with E-state index in [9.17, 15) is 9.59 Å². The Balaban J connectivity index is 0.00000280. The molecule has 1 atom stereocenters. The molecule has 0 saturated carbocycles. The van der Waals surface area contributed by atoms with Crippen LogP contribution in [0.1, 0.15) is 35.3 Å². The zero-order chi connectivity index (χ0) is 19.4. The SMILES string of the molecule is CCc1ccc(C(=O)N2CCN(C(=O)C(C)(N)c3ccccc3)CC2)cc1.Cl. The molecule has 0 aromatic heterocycles. The third-order valence-electron chi connectivity index (χ3n) is 5.28. The van der Waals surface area contributed by atoms with E-state index in [-0.39, 0.29) is 24.2 Å². The maximum absolute atomic E-state index is 12.9. The van der Waals surface area contributed by atoms with Gasteiger partial charge < -0.3 is 15.5 Å². The van der Waals surface area contributed by atoms with Gasteiger partial charge in [-0.2, -0.15) is 0 Å². The lowest BCUT2D eigenvalue weighted by atomic mass is 9.91. The summed E-state index contributed by atoms with van der Waals surface area (Å²) >= 11 is 0. The number of carbonyl (C=O) groups is 2. The van der Waals surface area contributed by atoms with Crippen LogP contribution in [0.25, 0.3) is 0 Å². The van der Waals surface area contributed by atoms with Gasteiger partial charge in [0.25, 0.3) is 5.91 Å². The molecule has 0 spiro atoms. The van der Waals surface area contributed by atoms with Gasteiger partial charge >= 0.3 is 0 Å². The number of halogens is 1. The first kappa shape index (κ1) is 21.9. The number of hydrogen-bond donors (Lipinski definition) is 1. The summed E-state index contributed by atoms with van der Waals surface area (Å²) in [6.07, 6.45) is 0.953. The van der Waals surface area contributed by atoms with Crippen LogP contribution >= 0.6 is 12.4 Å². The van der Waals surface area contributed by atoms with Gasteiger partial charge in [0.15, 0.2) is 0 Å². The molecule has 1 unspecified atom stereocenters. The van der Waals surface area contributed by atoms with Crippen molar-refractivity contribution in [2.45, 2.75) is 25.8 Å². The number of nitrogens with two attached hydrogens (primary N) is 1. The summed E-state index contributed by atoms with van der Waals surface area (Å²) in [6.45, 7) is 5.87. The molecule has 0 radical (unpaired) electrons. The van der Waals surface area contributed by atoms with Crippen LogP contribution in [0, 0.1) is 0 Å². The summed E-state index contributed by atoms with van der Waals surface area (Å²) in [7, 11) is 0. The van der Waals surface area contributed by atoms with Gasteiger partial charge in [-0.05, 0) is 36.6 Å². The molecule has 2 aromatic rings. The minimum absolute atomic E-state index is 0. The maximum atomic E-state index is 12.9. The molecular formula is C22H28ClN3O2. The highest BCUT2D eigenvalue weighted by molar-refractivity contribution is 5.94. The highest BCUT2D eigenvalue weighted by Crippen LogP contribution is 2.21. The predicted octanol–water partition coefficient (Wildman–Crippen LogP) is 2.83. The van der Waals surface area contributed by atoms with Crippen molar-refractivity contribution < 1.29 is 9.59 Å². The van der Waals surface area contributed by atoms with Crippen LogP contribution in [0.2, 0.25) is 0 Å². The molecule has 6 heteroatoms.